The molecule has 3 heterocycles. The van der Waals surface area contributed by atoms with Gasteiger partial charge in [0.25, 0.3) is 0 Å². The molecule has 0 unspecified atom stereocenters. The van der Waals surface area contributed by atoms with E-state index < -0.39 is 10.0 Å². The summed E-state index contributed by atoms with van der Waals surface area (Å²) in [7, 11) is -3.63. The standard InChI is InChI=1S/C21H25N5O4S/c1-14-20(15(2)30-24-14)31(27,28)26-9-7-25(8-10-26)17-5-6-19-18(11-17)21(23-13-22-19)29-12-16-3-4-16/h5-6,11,13,16H,3-4,7-10,12H2,1-2H3. The number of nitrogens with zero attached hydrogens (tertiary/aromatic N) is 5. The van der Waals surface area contributed by atoms with Gasteiger partial charge < -0.3 is 14.2 Å². The molecule has 9 nitrogen and oxygen atoms in total. The summed E-state index contributed by atoms with van der Waals surface area (Å²) in [5, 5.41) is 4.67. The van der Waals surface area contributed by atoms with E-state index in [0.29, 0.717) is 56.0 Å². The summed E-state index contributed by atoms with van der Waals surface area (Å²) in [5.74, 6) is 1.58. The lowest BCUT2D eigenvalue weighted by Crippen LogP contribution is -2.48. The van der Waals surface area contributed by atoms with Crippen molar-refractivity contribution in [3.8, 4) is 5.88 Å². The van der Waals surface area contributed by atoms with Crippen molar-refractivity contribution in [2.75, 3.05) is 37.7 Å². The molecule has 1 saturated carbocycles. The Morgan fingerprint density at radius 2 is 1.90 bits per heavy atom. The molecule has 31 heavy (non-hydrogen) atoms. The summed E-state index contributed by atoms with van der Waals surface area (Å²) in [6.45, 7) is 5.92. The predicted molar refractivity (Wildman–Crippen MR) is 115 cm³/mol. The van der Waals surface area contributed by atoms with Crippen molar-refractivity contribution in [1.29, 1.82) is 0 Å². The van der Waals surface area contributed by atoms with E-state index in [1.807, 2.05) is 18.2 Å². The average Bonchev–Trinajstić information content (AvgIpc) is 3.54. The van der Waals surface area contributed by atoms with Gasteiger partial charge in [-0.1, -0.05) is 5.16 Å². The summed E-state index contributed by atoms with van der Waals surface area (Å²) < 4.78 is 38.6. The van der Waals surface area contributed by atoms with Gasteiger partial charge in [0.1, 0.15) is 16.9 Å². The highest BCUT2D eigenvalue weighted by Crippen LogP contribution is 2.32. The molecule has 1 aliphatic heterocycles. The van der Waals surface area contributed by atoms with Gasteiger partial charge in [0, 0.05) is 31.9 Å². The van der Waals surface area contributed by atoms with Crippen molar-refractivity contribution in [3.05, 3.63) is 36.0 Å². The number of aryl methyl sites for hydroxylation is 2. The first-order valence-corrected chi connectivity index (χ1v) is 11.9. The van der Waals surface area contributed by atoms with Gasteiger partial charge in [0.2, 0.25) is 15.9 Å². The van der Waals surface area contributed by atoms with E-state index >= 15 is 0 Å². The molecule has 10 heteroatoms. The first-order valence-electron chi connectivity index (χ1n) is 10.5. The van der Waals surface area contributed by atoms with Gasteiger partial charge >= 0.3 is 0 Å². The van der Waals surface area contributed by atoms with Crippen LogP contribution in [0, 0.1) is 19.8 Å². The van der Waals surface area contributed by atoms with Crippen LogP contribution in [0.15, 0.2) is 33.9 Å². The minimum Gasteiger partial charge on any atom is -0.477 e. The summed E-state index contributed by atoms with van der Waals surface area (Å²) >= 11 is 0. The van der Waals surface area contributed by atoms with Crippen LogP contribution in [-0.2, 0) is 10.0 Å². The molecular formula is C21H25N5O4S. The van der Waals surface area contributed by atoms with Gasteiger partial charge in [-0.15, -0.1) is 0 Å². The fraction of sp³-hybridized carbons (Fsp3) is 0.476. The molecule has 2 fully saturated rings. The number of ether oxygens (including phenoxy) is 1. The summed E-state index contributed by atoms with van der Waals surface area (Å²) in [5.41, 5.74) is 2.24. The second-order valence-electron chi connectivity index (χ2n) is 8.18. The number of rotatable bonds is 6. The zero-order valence-electron chi connectivity index (χ0n) is 17.6. The van der Waals surface area contributed by atoms with Crippen LogP contribution in [0.3, 0.4) is 0 Å². The Morgan fingerprint density at radius 1 is 1.13 bits per heavy atom. The maximum atomic E-state index is 13.1. The zero-order valence-corrected chi connectivity index (χ0v) is 18.4. The summed E-state index contributed by atoms with van der Waals surface area (Å²) in [6, 6.07) is 6.01. The maximum absolute atomic E-state index is 13.1. The Balaban J connectivity index is 1.34. The minimum absolute atomic E-state index is 0.182. The molecule has 5 rings (SSSR count). The molecule has 0 bridgehead atoms. The SMILES string of the molecule is Cc1noc(C)c1S(=O)(=O)N1CCN(c2ccc3ncnc(OCC4CC4)c3c2)CC1. The van der Waals surface area contributed by atoms with E-state index in [9.17, 15) is 8.42 Å². The van der Waals surface area contributed by atoms with E-state index in [4.69, 9.17) is 9.26 Å². The van der Waals surface area contributed by atoms with Crippen molar-refractivity contribution in [2.45, 2.75) is 31.6 Å². The second-order valence-corrected chi connectivity index (χ2v) is 10.1. The Hall–Kier alpha value is -2.72. The first kappa shape index (κ1) is 20.2. The third-order valence-corrected chi connectivity index (χ3v) is 8.05. The van der Waals surface area contributed by atoms with Crippen LogP contribution in [0.4, 0.5) is 5.69 Å². The lowest BCUT2D eigenvalue weighted by Gasteiger charge is -2.35. The number of aromatic nitrogens is 3. The molecule has 164 valence electrons. The molecule has 2 aliphatic rings. The molecule has 3 aromatic rings. The second kappa shape index (κ2) is 7.76. The van der Waals surface area contributed by atoms with Crippen molar-refractivity contribution >= 4 is 26.6 Å². The normalized spacial score (nSPS) is 17.9. The highest BCUT2D eigenvalue weighted by atomic mass is 32.2. The van der Waals surface area contributed by atoms with Crippen LogP contribution in [0.1, 0.15) is 24.3 Å². The highest BCUT2D eigenvalue weighted by Gasteiger charge is 2.33. The number of piperazine rings is 1. The van der Waals surface area contributed by atoms with Gasteiger partial charge in [-0.05, 0) is 50.8 Å². The largest absolute Gasteiger partial charge is 0.477 e. The van der Waals surface area contributed by atoms with Crippen LogP contribution >= 0.6 is 0 Å². The molecule has 2 aromatic heterocycles. The van der Waals surface area contributed by atoms with Crippen molar-refractivity contribution < 1.29 is 17.7 Å². The smallest absolute Gasteiger partial charge is 0.248 e. The number of hydrogen-bond donors (Lipinski definition) is 0. The monoisotopic (exact) mass is 443 g/mol. The Labute approximate surface area is 181 Å². The zero-order chi connectivity index (χ0) is 21.6. The van der Waals surface area contributed by atoms with E-state index in [2.05, 4.69) is 20.0 Å². The van der Waals surface area contributed by atoms with Crippen molar-refractivity contribution in [2.24, 2.45) is 5.92 Å². The van der Waals surface area contributed by atoms with Crippen LogP contribution in [0.25, 0.3) is 10.9 Å². The van der Waals surface area contributed by atoms with Crippen LogP contribution in [0.2, 0.25) is 0 Å². The number of fused-ring (bicyclic) bond motifs is 1. The Bertz CT molecular complexity index is 1190. The van der Waals surface area contributed by atoms with E-state index in [1.165, 1.54) is 23.5 Å². The van der Waals surface area contributed by atoms with E-state index in [1.54, 1.807) is 13.8 Å². The predicted octanol–water partition coefficient (Wildman–Crippen LogP) is 2.53. The number of sulfonamides is 1. The summed E-state index contributed by atoms with van der Waals surface area (Å²) in [4.78, 5) is 11.0. The van der Waals surface area contributed by atoms with Gasteiger partial charge in [-0.2, -0.15) is 4.31 Å². The fourth-order valence-electron chi connectivity index (χ4n) is 3.97. The average molecular weight is 444 g/mol. The van der Waals surface area contributed by atoms with Gasteiger partial charge in [0.15, 0.2) is 5.76 Å². The quantitative estimate of drug-likeness (QED) is 0.573. The Kier molecular flexibility index (Phi) is 5.05. The topological polar surface area (TPSA) is 102 Å². The van der Waals surface area contributed by atoms with Gasteiger partial charge in [-0.25, -0.2) is 18.4 Å². The van der Waals surface area contributed by atoms with Crippen LogP contribution in [-0.4, -0.2) is 60.6 Å². The first-order chi connectivity index (χ1) is 14.9. The number of hydrogen-bond acceptors (Lipinski definition) is 8. The van der Waals surface area contributed by atoms with Gasteiger partial charge in [-0.3, -0.25) is 0 Å². The van der Waals surface area contributed by atoms with Gasteiger partial charge in [0.05, 0.1) is 17.5 Å². The molecule has 1 saturated heterocycles. The molecular weight excluding hydrogens is 418 g/mol. The molecule has 0 spiro atoms. The fourth-order valence-corrected chi connectivity index (χ4v) is 5.69. The Morgan fingerprint density at radius 3 is 2.58 bits per heavy atom. The molecule has 0 radical (unpaired) electrons. The van der Waals surface area contributed by atoms with Crippen LogP contribution < -0.4 is 9.64 Å². The van der Waals surface area contributed by atoms with E-state index in [0.717, 1.165) is 16.6 Å². The molecule has 1 aliphatic carbocycles. The third kappa shape index (κ3) is 3.85. The van der Waals surface area contributed by atoms with Crippen LogP contribution in [0.5, 0.6) is 5.88 Å². The lowest BCUT2D eigenvalue weighted by molar-refractivity contribution is 0.292. The third-order valence-electron chi connectivity index (χ3n) is 5.90. The van der Waals surface area contributed by atoms with Crippen molar-refractivity contribution in [3.63, 3.8) is 0 Å². The molecule has 0 N–H and O–H groups in total. The lowest BCUT2D eigenvalue weighted by atomic mass is 10.2. The highest BCUT2D eigenvalue weighted by molar-refractivity contribution is 7.89. The number of anilines is 1. The molecule has 0 amide bonds. The molecule has 0 atom stereocenters. The van der Waals surface area contributed by atoms with E-state index in [-0.39, 0.29) is 4.90 Å². The van der Waals surface area contributed by atoms with Crippen molar-refractivity contribution in [1.82, 2.24) is 19.4 Å². The number of benzene rings is 1. The summed E-state index contributed by atoms with van der Waals surface area (Å²) in [6.07, 6.45) is 3.97. The molecule has 1 aromatic carbocycles. The maximum Gasteiger partial charge on any atom is 0.248 e. The minimum atomic E-state index is -3.63.